The molecule has 2 aromatic heterocycles. The summed E-state index contributed by atoms with van der Waals surface area (Å²) < 4.78 is 1.64. The molecule has 0 radical (unpaired) electrons. The molecule has 0 N–H and O–H groups in total. The van der Waals surface area contributed by atoms with Gasteiger partial charge in [0.25, 0.3) is 5.56 Å². The number of aryl methyl sites for hydroxylation is 2. The van der Waals surface area contributed by atoms with Gasteiger partial charge in [-0.2, -0.15) is 0 Å². The molecule has 0 unspecified atom stereocenters. The van der Waals surface area contributed by atoms with Crippen molar-refractivity contribution in [2.45, 2.75) is 24.8 Å². The molecule has 0 fully saturated rings. The lowest BCUT2D eigenvalue weighted by molar-refractivity contribution is 0.727. The van der Waals surface area contributed by atoms with E-state index >= 15 is 0 Å². The molecule has 6 heteroatoms. The summed E-state index contributed by atoms with van der Waals surface area (Å²) in [4.78, 5) is 19.2. The molecule has 114 valence electrons. The molecule has 22 heavy (non-hydrogen) atoms. The van der Waals surface area contributed by atoms with E-state index < -0.39 is 0 Å². The van der Waals surface area contributed by atoms with Gasteiger partial charge in [-0.15, -0.1) is 11.3 Å². The van der Waals surface area contributed by atoms with E-state index in [1.807, 2.05) is 38.1 Å². The molecule has 3 nitrogen and oxygen atoms in total. The zero-order chi connectivity index (χ0) is 15.9. The lowest BCUT2D eigenvalue weighted by atomic mass is 10.2. The number of benzene rings is 1. The van der Waals surface area contributed by atoms with Crippen molar-refractivity contribution >= 4 is 44.9 Å². The Hall–Kier alpha value is -1.30. The lowest BCUT2D eigenvalue weighted by Gasteiger charge is -2.07. The van der Waals surface area contributed by atoms with Crippen LogP contribution in [0.5, 0.6) is 0 Å². The second-order valence-corrected chi connectivity index (χ2v) is 7.72. The smallest absolute Gasteiger partial charge is 0.262 e. The maximum Gasteiger partial charge on any atom is 0.262 e. The van der Waals surface area contributed by atoms with Crippen molar-refractivity contribution in [2.24, 2.45) is 7.05 Å². The van der Waals surface area contributed by atoms with E-state index in [4.69, 9.17) is 11.6 Å². The zero-order valence-corrected chi connectivity index (χ0v) is 14.9. The molecule has 0 saturated carbocycles. The Morgan fingerprint density at radius 3 is 2.86 bits per heavy atom. The summed E-state index contributed by atoms with van der Waals surface area (Å²) in [5, 5.41) is 2.20. The largest absolute Gasteiger partial charge is 0.290 e. The van der Waals surface area contributed by atoms with Crippen LogP contribution in [0.1, 0.15) is 16.0 Å². The van der Waals surface area contributed by atoms with Gasteiger partial charge >= 0.3 is 0 Å². The van der Waals surface area contributed by atoms with Gasteiger partial charge in [-0.05, 0) is 37.1 Å². The Morgan fingerprint density at radius 2 is 2.14 bits per heavy atom. The van der Waals surface area contributed by atoms with E-state index in [1.54, 1.807) is 34.7 Å². The van der Waals surface area contributed by atoms with Gasteiger partial charge in [0.15, 0.2) is 5.16 Å². The first kappa shape index (κ1) is 15.6. The third-order valence-electron chi connectivity index (χ3n) is 3.63. The van der Waals surface area contributed by atoms with Crippen molar-refractivity contribution in [1.29, 1.82) is 0 Å². The quantitative estimate of drug-likeness (QED) is 0.513. The maximum absolute atomic E-state index is 12.5. The van der Waals surface area contributed by atoms with Crippen LogP contribution in [0.25, 0.3) is 10.2 Å². The SMILES string of the molecule is Cc1sc2nc(SCc3cccc(Cl)c3)n(C)c(=O)c2c1C. The number of rotatable bonds is 3. The summed E-state index contributed by atoms with van der Waals surface area (Å²) in [6.45, 7) is 4.01. The molecule has 3 aromatic rings. The van der Waals surface area contributed by atoms with Crippen LogP contribution in [0.2, 0.25) is 5.02 Å². The van der Waals surface area contributed by atoms with Gasteiger partial charge in [0.2, 0.25) is 0 Å². The van der Waals surface area contributed by atoms with E-state index in [2.05, 4.69) is 4.98 Å². The van der Waals surface area contributed by atoms with E-state index in [-0.39, 0.29) is 5.56 Å². The molecule has 0 aliphatic heterocycles. The van der Waals surface area contributed by atoms with Crippen LogP contribution in [-0.4, -0.2) is 9.55 Å². The number of halogens is 1. The third kappa shape index (κ3) is 2.81. The first-order valence-corrected chi connectivity index (χ1v) is 8.99. The van der Waals surface area contributed by atoms with E-state index in [0.29, 0.717) is 0 Å². The molecule has 1 aromatic carbocycles. The average molecular weight is 351 g/mol. The molecule has 0 amide bonds. The highest BCUT2D eigenvalue weighted by Crippen LogP contribution is 2.29. The van der Waals surface area contributed by atoms with Gasteiger partial charge in [0.05, 0.1) is 5.39 Å². The molecular weight excluding hydrogens is 336 g/mol. The highest BCUT2D eigenvalue weighted by atomic mass is 35.5. The Kier molecular flexibility index (Phi) is 4.30. The zero-order valence-electron chi connectivity index (χ0n) is 12.5. The van der Waals surface area contributed by atoms with Crippen molar-refractivity contribution in [3.05, 3.63) is 55.6 Å². The van der Waals surface area contributed by atoms with Crippen molar-refractivity contribution < 1.29 is 0 Å². The minimum absolute atomic E-state index is 0.0282. The number of hydrogen-bond acceptors (Lipinski definition) is 4. The normalized spacial score (nSPS) is 11.3. The predicted octanol–water partition coefficient (Wildman–Crippen LogP) is 4.56. The molecule has 0 aliphatic carbocycles. The number of aromatic nitrogens is 2. The molecule has 0 aliphatic rings. The molecule has 2 heterocycles. The highest BCUT2D eigenvalue weighted by Gasteiger charge is 2.14. The molecule has 3 rings (SSSR count). The summed E-state index contributed by atoms with van der Waals surface area (Å²) in [5.74, 6) is 0.732. The van der Waals surface area contributed by atoms with Gasteiger partial charge in [-0.25, -0.2) is 4.98 Å². The summed E-state index contributed by atoms with van der Waals surface area (Å²) in [7, 11) is 1.78. The number of thioether (sulfide) groups is 1. The van der Waals surface area contributed by atoms with Gasteiger partial charge in [0, 0.05) is 22.7 Å². The predicted molar refractivity (Wildman–Crippen MR) is 95.3 cm³/mol. The fourth-order valence-electron chi connectivity index (χ4n) is 2.26. The second-order valence-electron chi connectivity index (χ2n) is 5.14. The van der Waals surface area contributed by atoms with Crippen molar-refractivity contribution in [3.63, 3.8) is 0 Å². The van der Waals surface area contributed by atoms with Crippen molar-refractivity contribution in [3.8, 4) is 0 Å². The van der Waals surface area contributed by atoms with Crippen LogP contribution in [0.3, 0.4) is 0 Å². The average Bonchev–Trinajstić information content (AvgIpc) is 2.76. The van der Waals surface area contributed by atoms with Crippen LogP contribution in [-0.2, 0) is 12.8 Å². The van der Waals surface area contributed by atoms with Gasteiger partial charge in [-0.1, -0.05) is 35.5 Å². The first-order valence-electron chi connectivity index (χ1n) is 6.81. The summed E-state index contributed by atoms with van der Waals surface area (Å²) >= 11 is 9.14. The van der Waals surface area contributed by atoms with Crippen molar-refractivity contribution in [1.82, 2.24) is 9.55 Å². The van der Waals surface area contributed by atoms with Gasteiger partial charge < -0.3 is 0 Å². The number of hydrogen-bond donors (Lipinski definition) is 0. The van der Waals surface area contributed by atoms with Crippen molar-refractivity contribution in [2.75, 3.05) is 0 Å². The molecular formula is C16H15ClN2OS2. The topological polar surface area (TPSA) is 34.9 Å². The standard InChI is InChI=1S/C16H15ClN2OS2/c1-9-10(2)22-14-13(9)15(20)19(3)16(18-14)21-8-11-5-4-6-12(17)7-11/h4-7H,8H2,1-3H3. The summed E-state index contributed by atoms with van der Waals surface area (Å²) in [6.07, 6.45) is 0. The van der Waals surface area contributed by atoms with E-state index in [1.165, 1.54) is 0 Å². The summed E-state index contributed by atoms with van der Waals surface area (Å²) in [5.41, 5.74) is 2.19. The monoisotopic (exact) mass is 350 g/mol. The molecule has 0 spiro atoms. The second kappa shape index (κ2) is 6.07. The Bertz CT molecular complexity index is 914. The van der Waals surface area contributed by atoms with Crippen LogP contribution in [0.4, 0.5) is 0 Å². The van der Waals surface area contributed by atoms with Gasteiger partial charge in [0.1, 0.15) is 4.83 Å². The summed E-state index contributed by atoms with van der Waals surface area (Å²) in [6, 6.07) is 7.74. The molecule has 0 saturated heterocycles. The lowest BCUT2D eigenvalue weighted by Crippen LogP contribution is -2.19. The minimum Gasteiger partial charge on any atom is -0.290 e. The maximum atomic E-state index is 12.5. The Morgan fingerprint density at radius 1 is 1.36 bits per heavy atom. The van der Waals surface area contributed by atoms with Crippen LogP contribution in [0, 0.1) is 13.8 Å². The fraction of sp³-hybridized carbons (Fsp3) is 0.250. The van der Waals surface area contributed by atoms with Crippen LogP contribution >= 0.6 is 34.7 Å². The van der Waals surface area contributed by atoms with E-state index in [9.17, 15) is 4.79 Å². The molecule has 0 atom stereocenters. The Labute approximate surface area is 142 Å². The highest BCUT2D eigenvalue weighted by molar-refractivity contribution is 7.98. The minimum atomic E-state index is 0.0282. The van der Waals surface area contributed by atoms with Crippen LogP contribution < -0.4 is 5.56 Å². The number of nitrogens with zero attached hydrogens (tertiary/aromatic N) is 2. The first-order chi connectivity index (χ1) is 10.5. The number of thiophene rings is 1. The van der Waals surface area contributed by atoms with E-state index in [0.717, 1.165) is 42.2 Å². The number of fused-ring (bicyclic) bond motifs is 1. The Balaban J connectivity index is 1.97. The molecule has 0 bridgehead atoms. The van der Waals surface area contributed by atoms with Crippen LogP contribution in [0.15, 0.2) is 34.2 Å². The third-order valence-corrected chi connectivity index (χ3v) is 6.06. The van der Waals surface area contributed by atoms with Gasteiger partial charge in [-0.3, -0.25) is 9.36 Å². The fourth-order valence-corrected chi connectivity index (χ4v) is 4.46.